The van der Waals surface area contributed by atoms with Gasteiger partial charge in [-0.1, -0.05) is 212 Å². The smallest absolute Gasteiger partial charge is 0.121 e. The van der Waals surface area contributed by atoms with Crippen LogP contribution < -0.4 is 0 Å². The van der Waals surface area contributed by atoms with E-state index in [-0.39, 0.29) is 87.1 Å². The van der Waals surface area contributed by atoms with Crippen molar-refractivity contribution in [1.82, 2.24) is 0 Å². The van der Waals surface area contributed by atoms with Crippen LogP contribution in [0.15, 0.2) is 303 Å². The molecule has 0 heterocycles. The summed E-state index contributed by atoms with van der Waals surface area (Å²) in [6, 6.07) is 94.7. The molecule has 0 aliphatic rings. The van der Waals surface area contributed by atoms with Crippen molar-refractivity contribution in [3.63, 3.8) is 0 Å². The van der Waals surface area contributed by atoms with Crippen LogP contribution in [-0.2, 0) is 0 Å². The largest absolute Gasteiger partial charge is 0.508 e. The number of aromatic hydroxyl groups is 13. The van der Waals surface area contributed by atoms with Crippen molar-refractivity contribution in [3.8, 4) is 74.7 Å². The van der Waals surface area contributed by atoms with Gasteiger partial charge in [0, 0.05) is 35.2 Å². The summed E-state index contributed by atoms with van der Waals surface area (Å²) in [5.74, 6) is 3.33. The Labute approximate surface area is 703 Å². The molecule has 0 amide bonds. The molecule has 0 saturated carbocycles. The number of para-hydroxylation sites is 1. The fraction of sp³-hybridized carbons (Fsp3) is 0.159. The van der Waals surface area contributed by atoms with Crippen molar-refractivity contribution in [2.24, 2.45) is 0 Å². The van der Waals surface area contributed by atoms with Gasteiger partial charge in [-0.2, -0.15) is 0 Å². The second-order valence-electron chi connectivity index (χ2n) is 31.1. The summed E-state index contributed by atoms with van der Waals surface area (Å²) in [6.45, 7) is 22.8. The molecule has 0 radical (unpaired) electrons. The van der Waals surface area contributed by atoms with Gasteiger partial charge in [0.2, 0.25) is 0 Å². The molecule has 0 unspecified atom stereocenters. The van der Waals surface area contributed by atoms with Crippen molar-refractivity contribution < 1.29 is 66.4 Å². The topological polar surface area (TPSA) is 263 Å². The van der Waals surface area contributed by atoms with Gasteiger partial charge in [-0.05, 0) is 319 Å². The molecule has 0 aromatic heterocycles. The minimum absolute atomic E-state index is 0.0517. The Balaban J connectivity index is 0.000000147. The van der Waals surface area contributed by atoms with Crippen LogP contribution in [0.2, 0.25) is 0 Å². The summed E-state index contributed by atoms with van der Waals surface area (Å²) >= 11 is 0. The predicted molar refractivity (Wildman–Crippen MR) is 480 cm³/mol. The minimum atomic E-state index is -0.190. The lowest BCUT2D eigenvalue weighted by Crippen LogP contribution is -2.07. The summed E-state index contributed by atoms with van der Waals surface area (Å²) in [5, 5.41) is 128. The Hall–Kier alpha value is -14.3. The lowest BCUT2D eigenvalue weighted by atomic mass is 9.81. The van der Waals surface area contributed by atoms with E-state index in [4.69, 9.17) is 0 Å². The molecular formula is C107H104O13. The Bertz CT molecular complexity index is 5810. The van der Waals surface area contributed by atoms with Gasteiger partial charge in [0.15, 0.2) is 0 Å². The summed E-state index contributed by atoms with van der Waals surface area (Å²) in [4.78, 5) is 0. The first-order valence-corrected chi connectivity index (χ1v) is 39.7. The Morgan fingerprint density at radius 3 is 0.642 bits per heavy atom. The first-order valence-electron chi connectivity index (χ1n) is 39.7. The van der Waals surface area contributed by atoms with E-state index < -0.39 is 0 Å². The molecule has 610 valence electrons. The van der Waals surface area contributed by atoms with E-state index >= 15 is 0 Å². The third-order valence-corrected chi connectivity index (χ3v) is 22.1. The van der Waals surface area contributed by atoms with Gasteiger partial charge in [0.1, 0.15) is 74.7 Å². The van der Waals surface area contributed by atoms with Gasteiger partial charge in [-0.3, -0.25) is 0 Å². The average Bonchev–Trinajstić information content (AvgIpc) is 0.804. The molecule has 13 nitrogen and oxygen atoms in total. The van der Waals surface area contributed by atoms with Crippen molar-refractivity contribution in [1.29, 1.82) is 0 Å². The highest BCUT2D eigenvalue weighted by atomic mass is 16.3. The highest BCUT2D eigenvalue weighted by Gasteiger charge is 2.26. The van der Waals surface area contributed by atoms with E-state index in [9.17, 15) is 66.4 Å². The molecule has 0 atom stereocenters. The van der Waals surface area contributed by atoms with Crippen LogP contribution in [0.4, 0.5) is 0 Å². The monoisotopic (exact) mass is 1600 g/mol. The molecule has 0 bridgehead atoms. The molecule has 0 aliphatic carbocycles. The molecule has 0 saturated heterocycles. The predicted octanol–water partition coefficient (Wildman–Crippen LogP) is 24.2. The van der Waals surface area contributed by atoms with E-state index in [0.717, 1.165) is 139 Å². The van der Waals surface area contributed by atoms with Crippen molar-refractivity contribution >= 4 is 0 Å². The van der Waals surface area contributed by atoms with Crippen LogP contribution in [0.5, 0.6) is 74.7 Å². The van der Waals surface area contributed by atoms with E-state index in [2.05, 4.69) is 24.3 Å². The highest BCUT2D eigenvalue weighted by Crippen LogP contribution is 2.44. The van der Waals surface area contributed by atoms with Gasteiger partial charge >= 0.3 is 0 Å². The lowest BCUT2D eigenvalue weighted by Gasteiger charge is -2.23. The number of phenolic OH excluding ortho intramolecular Hbond substituents is 13. The first kappa shape index (κ1) is 86.6. The van der Waals surface area contributed by atoms with Gasteiger partial charge in [-0.15, -0.1) is 0 Å². The van der Waals surface area contributed by atoms with E-state index in [1.165, 1.54) is 11.1 Å². The molecule has 13 heteroatoms. The number of hydrogen-bond donors (Lipinski definition) is 13. The molecule has 15 rings (SSSR count). The zero-order chi connectivity index (χ0) is 86.3. The van der Waals surface area contributed by atoms with Crippen LogP contribution in [0.25, 0.3) is 0 Å². The van der Waals surface area contributed by atoms with E-state index in [1.54, 1.807) is 97.1 Å². The zero-order valence-electron chi connectivity index (χ0n) is 69.6. The third-order valence-electron chi connectivity index (χ3n) is 22.1. The van der Waals surface area contributed by atoms with Gasteiger partial charge in [-0.25, -0.2) is 0 Å². The summed E-state index contributed by atoms with van der Waals surface area (Å²) in [5.41, 5.74) is 26.2. The minimum Gasteiger partial charge on any atom is -0.508 e. The van der Waals surface area contributed by atoms with Gasteiger partial charge < -0.3 is 66.4 Å². The maximum absolute atomic E-state index is 10.4. The number of phenols is 13. The molecule has 0 fully saturated rings. The Morgan fingerprint density at radius 1 is 0.142 bits per heavy atom. The standard InChI is InChI=1S/C23H24O3.2C21H20O3.2C21H20O2/c1-13-9-17(5-7-20(13)24)22(18-6-8-21(25)14(2)10-18)19-11-15(3)23(26)16(4)12-19;1-13-11-16(5-9-19(13)23)21(15-3-7-18(22)8-4-15)17-6-10-20(24)14(2)12-17;1-13-11-15(7-9-18(13)22)21(17-5-3-4-6-20(17)24)16-8-10-19(23)14(2)12-16;1-14-12-17(22)8-10-19(14)21(16-6-4-3-5-7-16)20-11-9-18(23)13-15(20)2;1-14-12-17(8-10-19(14)22)21(16-6-4-3-5-7-16)18-9-11-20(23)15(2)13-18/h5-12,22,24-26H,1-4H3;2*3-12,21-24H,1-2H3;2*3-13,21-23H,1-2H3. The van der Waals surface area contributed by atoms with Crippen LogP contribution in [0, 0.1) is 83.1 Å². The second-order valence-corrected chi connectivity index (χ2v) is 31.1. The average molecular weight is 1600 g/mol. The Kier molecular flexibility index (Phi) is 27.9. The normalized spacial score (nSPS) is 11.0. The maximum atomic E-state index is 10.4. The third kappa shape index (κ3) is 20.9. The molecule has 0 aliphatic heterocycles. The number of aryl methyl sites for hydroxylation is 12. The molecule has 15 aromatic rings. The van der Waals surface area contributed by atoms with Crippen LogP contribution in [0.3, 0.4) is 0 Å². The fourth-order valence-corrected chi connectivity index (χ4v) is 15.5. The molecule has 15 aromatic carbocycles. The quantitative estimate of drug-likeness (QED) is 0.0427. The van der Waals surface area contributed by atoms with Gasteiger partial charge in [0.25, 0.3) is 0 Å². The first-order chi connectivity index (χ1) is 57.3. The second kappa shape index (κ2) is 38.6. The number of hydrogen-bond acceptors (Lipinski definition) is 13. The molecular weight excluding hydrogens is 1490 g/mol. The fourth-order valence-electron chi connectivity index (χ4n) is 15.5. The lowest BCUT2D eigenvalue weighted by molar-refractivity contribution is 0.465. The summed E-state index contributed by atoms with van der Waals surface area (Å²) in [6.07, 6.45) is 0. The van der Waals surface area contributed by atoms with Crippen molar-refractivity contribution in [3.05, 3.63) is 454 Å². The maximum Gasteiger partial charge on any atom is 0.121 e. The summed E-state index contributed by atoms with van der Waals surface area (Å²) < 4.78 is 0. The summed E-state index contributed by atoms with van der Waals surface area (Å²) in [7, 11) is 0. The highest BCUT2D eigenvalue weighted by molar-refractivity contribution is 5.58. The SMILES string of the molecule is Cc1cc(C(c2ccc(O)c(C)c2)c2cc(C)c(O)c(C)c2)ccc1O.Cc1cc(C(c2ccc(O)c(C)c2)c2ccccc2O)ccc1O.Cc1cc(C(c2ccc(O)cc2)c2ccc(O)c(C)c2)ccc1O.Cc1cc(C(c2ccccc2)c2ccc(O)c(C)c2)ccc1O.Cc1cc(O)ccc1C(c1ccccc1)c1ccc(O)cc1C. The Morgan fingerprint density at radius 2 is 0.367 bits per heavy atom. The number of benzene rings is 15. The number of rotatable bonds is 15. The van der Waals surface area contributed by atoms with Crippen LogP contribution >= 0.6 is 0 Å². The molecule has 13 N–H and O–H groups in total. The van der Waals surface area contributed by atoms with Gasteiger partial charge in [0.05, 0.1) is 0 Å². The molecule has 120 heavy (non-hydrogen) atoms. The van der Waals surface area contributed by atoms with E-state index in [1.807, 2.05) is 265 Å². The van der Waals surface area contributed by atoms with Crippen molar-refractivity contribution in [2.75, 3.05) is 0 Å². The van der Waals surface area contributed by atoms with Crippen LogP contribution in [-0.4, -0.2) is 66.4 Å². The zero-order valence-corrected chi connectivity index (χ0v) is 69.6. The van der Waals surface area contributed by atoms with E-state index in [0.29, 0.717) is 17.2 Å². The van der Waals surface area contributed by atoms with Crippen molar-refractivity contribution in [2.45, 2.75) is 113 Å². The molecule has 0 spiro atoms. The van der Waals surface area contributed by atoms with Crippen LogP contribution in [0.1, 0.15) is 180 Å².